The molecule has 1 amide bonds. The molecule has 0 radical (unpaired) electrons. The maximum Gasteiger partial charge on any atom is 0.272 e. The van der Waals surface area contributed by atoms with E-state index in [4.69, 9.17) is 0 Å². The first kappa shape index (κ1) is 18.9. The number of carbonyl (C=O) groups excluding carboxylic acids is 1. The number of aromatic amines is 1. The van der Waals surface area contributed by atoms with Crippen molar-refractivity contribution in [3.8, 4) is 0 Å². The first-order valence-corrected chi connectivity index (χ1v) is 9.17. The predicted molar refractivity (Wildman–Crippen MR) is 104 cm³/mol. The third-order valence-corrected chi connectivity index (χ3v) is 5.24. The molecule has 6 nitrogen and oxygen atoms in total. The van der Waals surface area contributed by atoms with E-state index in [0.717, 1.165) is 37.3 Å². The van der Waals surface area contributed by atoms with E-state index in [1.165, 1.54) is 18.4 Å². The average molecular weight is 376 g/mol. The summed E-state index contributed by atoms with van der Waals surface area (Å²) in [6.45, 7) is 4.44. The van der Waals surface area contributed by atoms with E-state index in [0.29, 0.717) is 18.8 Å². The Kier molecular flexibility index (Phi) is 6.29. The van der Waals surface area contributed by atoms with Crippen LogP contribution in [0, 0.1) is 0 Å². The Morgan fingerprint density at radius 3 is 2.77 bits per heavy atom. The predicted octanol–water partition coefficient (Wildman–Crippen LogP) is 2.04. The smallest absolute Gasteiger partial charge is 0.272 e. The van der Waals surface area contributed by atoms with Crippen molar-refractivity contribution in [1.82, 2.24) is 25.7 Å². The standard InChI is InChI=1S/C19H25N5O.ClH/c25-19(18-15-12-20-9-8-16(15)22-23-18)21-13-17(24-10-4-5-11-24)14-6-2-1-3-7-14;/h1-3,6-7,17,20H,4-5,8-13H2,(H,21,25)(H,22,23);1H. The SMILES string of the molecule is Cl.O=C(NCC(c1ccccc1)N1CCCC1)c1n[nH]c2c1CNCC2. The molecule has 3 N–H and O–H groups in total. The van der Waals surface area contributed by atoms with Crippen LogP contribution in [0.2, 0.25) is 0 Å². The van der Waals surface area contributed by atoms with Gasteiger partial charge in [-0.1, -0.05) is 30.3 Å². The van der Waals surface area contributed by atoms with Gasteiger partial charge in [0.15, 0.2) is 5.69 Å². The maximum atomic E-state index is 12.7. The highest BCUT2D eigenvalue weighted by Gasteiger charge is 2.26. The van der Waals surface area contributed by atoms with Crippen LogP contribution in [0.4, 0.5) is 0 Å². The number of amides is 1. The molecule has 2 aliphatic rings. The van der Waals surface area contributed by atoms with Crippen LogP contribution in [0.3, 0.4) is 0 Å². The molecule has 1 saturated heterocycles. The summed E-state index contributed by atoms with van der Waals surface area (Å²) in [4.78, 5) is 15.2. The van der Waals surface area contributed by atoms with Gasteiger partial charge in [-0.15, -0.1) is 12.4 Å². The lowest BCUT2D eigenvalue weighted by Gasteiger charge is -2.28. The van der Waals surface area contributed by atoms with Crippen molar-refractivity contribution in [2.24, 2.45) is 0 Å². The number of aromatic nitrogens is 2. The van der Waals surface area contributed by atoms with E-state index in [1.54, 1.807) is 0 Å². The van der Waals surface area contributed by atoms with Crippen LogP contribution >= 0.6 is 12.4 Å². The second-order valence-electron chi connectivity index (χ2n) is 6.84. The van der Waals surface area contributed by atoms with Gasteiger partial charge in [0.2, 0.25) is 0 Å². The van der Waals surface area contributed by atoms with E-state index >= 15 is 0 Å². The largest absolute Gasteiger partial charge is 0.349 e. The first-order chi connectivity index (χ1) is 12.3. The van der Waals surface area contributed by atoms with Crippen molar-refractivity contribution in [3.63, 3.8) is 0 Å². The number of halogens is 1. The summed E-state index contributed by atoms with van der Waals surface area (Å²) in [5.41, 5.74) is 3.90. The van der Waals surface area contributed by atoms with Crippen molar-refractivity contribution >= 4 is 18.3 Å². The number of likely N-dealkylation sites (tertiary alicyclic amines) is 1. The molecule has 1 atom stereocenters. The minimum absolute atomic E-state index is 0. The van der Waals surface area contributed by atoms with Gasteiger partial charge in [0.05, 0.1) is 6.04 Å². The van der Waals surface area contributed by atoms with Crippen LogP contribution in [0.5, 0.6) is 0 Å². The molecule has 0 bridgehead atoms. The number of hydrogen-bond acceptors (Lipinski definition) is 4. The number of H-pyrrole nitrogens is 1. The number of benzene rings is 1. The van der Waals surface area contributed by atoms with Crippen molar-refractivity contribution in [3.05, 3.63) is 52.8 Å². The van der Waals surface area contributed by atoms with Gasteiger partial charge in [-0.3, -0.25) is 14.8 Å². The van der Waals surface area contributed by atoms with E-state index in [9.17, 15) is 4.79 Å². The summed E-state index contributed by atoms with van der Waals surface area (Å²) in [6.07, 6.45) is 3.36. The molecule has 26 heavy (non-hydrogen) atoms. The molecule has 140 valence electrons. The Hall–Kier alpha value is -1.89. The number of carbonyl (C=O) groups is 1. The minimum Gasteiger partial charge on any atom is -0.349 e. The summed E-state index contributed by atoms with van der Waals surface area (Å²) in [5.74, 6) is -0.0821. The summed E-state index contributed by atoms with van der Waals surface area (Å²) in [7, 11) is 0. The molecule has 1 fully saturated rings. The number of rotatable bonds is 5. The molecule has 1 aromatic carbocycles. The van der Waals surface area contributed by atoms with Gasteiger partial charge in [-0.25, -0.2) is 0 Å². The van der Waals surface area contributed by atoms with E-state index in [2.05, 4.69) is 50.0 Å². The Balaban J connectivity index is 0.00000196. The van der Waals surface area contributed by atoms with Gasteiger partial charge >= 0.3 is 0 Å². The molecule has 2 aliphatic heterocycles. The monoisotopic (exact) mass is 375 g/mol. The Labute approximate surface area is 160 Å². The number of nitrogens with zero attached hydrogens (tertiary/aromatic N) is 2. The fourth-order valence-electron chi connectivity index (χ4n) is 3.87. The van der Waals surface area contributed by atoms with Crippen LogP contribution in [0.15, 0.2) is 30.3 Å². The van der Waals surface area contributed by atoms with E-state index in [-0.39, 0.29) is 24.4 Å². The lowest BCUT2D eigenvalue weighted by Crippen LogP contribution is -2.37. The van der Waals surface area contributed by atoms with Crippen LogP contribution in [-0.2, 0) is 13.0 Å². The van der Waals surface area contributed by atoms with Crippen molar-refractivity contribution in [2.45, 2.75) is 31.8 Å². The highest BCUT2D eigenvalue weighted by Crippen LogP contribution is 2.24. The Bertz CT molecular complexity index is 727. The van der Waals surface area contributed by atoms with Gasteiger partial charge in [0.1, 0.15) is 0 Å². The first-order valence-electron chi connectivity index (χ1n) is 9.17. The molecule has 2 aromatic rings. The number of nitrogens with one attached hydrogen (secondary N) is 3. The van der Waals surface area contributed by atoms with Crippen LogP contribution in [0.1, 0.15) is 46.2 Å². The second-order valence-corrected chi connectivity index (χ2v) is 6.84. The Morgan fingerprint density at radius 1 is 1.23 bits per heavy atom. The number of hydrogen-bond donors (Lipinski definition) is 3. The van der Waals surface area contributed by atoms with E-state index < -0.39 is 0 Å². The van der Waals surface area contributed by atoms with E-state index in [1.807, 2.05) is 6.07 Å². The van der Waals surface area contributed by atoms with Gasteiger partial charge in [0.25, 0.3) is 5.91 Å². The molecule has 0 aliphatic carbocycles. The van der Waals surface area contributed by atoms with Gasteiger partial charge in [0, 0.05) is 37.3 Å². The lowest BCUT2D eigenvalue weighted by molar-refractivity contribution is 0.0931. The minimum atomic E-state index is -0.0821. The van der Waals surface area contributed by atoms with Crippen molar-refractivity contribution < 1.29 is 4.79 Å². The molecule has 1 unspecified atom stereocenters. The van der Waals surface area contributed by atoms with Crippen LogP contribution in [-0.4, -0.2) is 47.2 Å². The lowest BCUT2D eigenvalue weighted by atomic mass is 10.0. The fourth-order valence-corrected chi connectivity index (χ4v) is 3.87. The van der Waals surface area contributed by atoms with Crippen LogP contribution in [0.25, 0.3) is 0 Å². The molecule has 4 rings (SSSR count). The third-order valence-electron chi connectivity index (χ3n) is 5.24. The zero-order chi connectivity index (χ0) is 17.1. The summed E-state index contributed by atoms with van der Waals surface area (Å²) >= 11 is 0. The molecule has 0 spiro atoms. The Morgan fingerprint density at radius 2 is 2.00 bits per heavy atom. The van der Waals surface area contributed by atoms with Gasteiger partial charge in [-0.05, 0) is 31.5 Å². The normalized spacial score (nSPS) is 18.0. The highest BCUT2D eigenvalue weighted by molar-refractivity contribution is 5.94. The molecule has 7 heteroatoms. The molecular weight excluding hydrogens is 350 g/mol. The average Bonchev–Trinajstić information content (AvgIpc) is 3.32. The third kappa shape index (κ3) is 3.92. The van der Waals surface area contributed by atoms with Crippen molar-refractivity contribution in [1.29, 1.82) is 0 Å². The molecule has 0 saturated carbocycles. The quantitative estimate of drug-likeness (QED) is 0.747. The molecular formula is C19H26ClN5O. The van der Waals surface area contributed by atoms with Gasteiger partial charge in [-0.2, -0.15) is 5.10 Å². The summed E-state index contributed by atoms with van der Waals surface area (Å²) in [5, 5.41) is 13.7. The zero-order valence-electron chi connectivity index (χ0n) is 14.8. The summed E-state index contributed by atoms with van der Waals surface area (Å²) < 4.78 is 0. The fraction of sp³-hybridized carbons (Fsp3) is 0.474. The number of fused-ring (bicyclic) bond motifs is 1. The summed E-state index contributed by atoms with van der Waals surface area (Å²) in [6, 6.07) is 10.7. The van der Waals surface area contributed by atoms with Crippen LogP contribution < -0.4 is 10.6 Å². The molecule has 1 aromatic heterocycles. The van der Waals surface area contributed by atoms with Crippen molar-refractivity contribution in [2.75, 3.05) is 26.2 Å². The molecule has 3 heterocycles. The highest BCUT2D eigenvalue weighted by atomic mass is 35.5. The second kappa shape index (κ2) is 8.66. The topological polar surface area (TPSA) is 73.0 Å². The zero-order valence-corrected chi connectivity index (χ0v) is 15.6. The maximum absolute atomic E-state index is 12.7. The van der Waals surface area contributed by atoms with Gasteiger partial charge < -0.3 is 10.6 Å².